The molecular formula is C16H28FN3. The van der Waals surface area contributed by atoms with Gasteiger partial charge in [-0.3, -0.25) is 4.90 Å². The van der Waals surface area contributed by atoms with Crippen molar-refractivity contribution in [2.45, 2.75) is 33.7 Å². The molecule has 0 spiro atoms. The number of benzene rings is 1. The summed E-state index contributed by atoms with van der Waals surface area (Å²) in [5.41, 5.74) is 6.97. The smallest absolute Gasteiger partial charge is 0.146 e. The molecule has 1 rings (SSSR count). The average Bonchev–Trinajstić information content (AvgIpc) is 2.46. The van der Waals surface area contributed by atoms with E-state index >= 15 is 0 Å². The first-order valence-electron chi connectivity index (χ1n) is 7.59. The molecule has 0 aliphatic carbocycles. The summed E-state index contributed by atoms with van der Waals surface area (Å²) < 4.78 is 13.4. The van der Waals surface area contributed by atoms with Crippen LogP contribution in [-0.4, -0.2) is 42.5 Å². The van der Waals surface area contributed by atoms with Gasteiger partial charge >= 0.3 is 0 Å². The summed E-state index contributed by atoms with van der Waals surface area (Å²) in [6.07, 6.45) is 1.13. The van der Waals surface area contributed by atoms with Crippen molar-refractivity contribution < 1.29 is 4.39 Å². The van der Waals surface area contributed by atoms with E-state index in [4.69, 9.17) is 5.73 Å². The van der Waals surface area contributed by atoms with Crippen molar-refractivity contribution in [1.82, 2.24) is 9.80 Å². The van der Waals surface area contributed by atoms with E-state index in [1.54, 1.807) is 6.07 Å². The molecule has 4 heteroatoms. The Labute approximate surface area is 122 Å². The minimum atomic E-state index is -0.318. The van der Waals surface area contributed by atoms with Crippen molar-refractivity contribution in [2.24, 2.45) is 0 Å². The molecule has 20 heavy (non-hydrogen) atoms. The van der Waals surface area contributed by atoms with Gasteiger partial charge in [-0.15, -0.1) is 0 Å². The van der Waals surface area contributed by atoms with Gasteiger partial charge in [0.1, 0.15) is 5.82 Å². The van der Waals surface area contributed by atoms with E-state index in [9.17, 15) is 4.39 Å². The Morgan fingerprint density at radius 2 is 1.60 bits per heavy atom. The third-order valence-corrected chi connectivity index (χ3v) is 3.83. The molecule has 0 bridgehead atoms. The Morgan fingerprint density at radius 1 is 1.00 bits per heavy atom. The van der Waals surface area contributed by atoms with Gasteiger partial charge in [0.05, 0.1) is 5.69 Å². The summed E-state index contributed by atoms with van der Waals surface area (Å²) in [6, 6.07) is 5.05. The minimum Gasteiger partial charge on any atom is -0.396 e. The van der Waals surface area contributed by atoms with Gasteiger partial charge in [0.25, 0.3) is 0 Å². The third kappa shape index (κ3) is 5.10. The summed E-state index contributed by atoms with van der Waals surface area (Å²) in [4.78, 5) is 4.74. The van der Waals surface area contributed by atoms with E-state index in [1.807, 2.05) is 6.07 Å². The molecule has 0 unspecified atom stereocenters. The van der Waals surface area contributed by atoms with Gasteiger partial charge in [-0.1, -0.05) is 32.9 Å². The Bertz CT molecular complexity index is 391. The second kappa shape index (κ2) is 8.93. The molecule has 0 aliphatic rings. The zero-order valence-electron chi connectivity index (χ0n) is 13.0. The highest BCUT2D eigenvalue weighted by Gasteiger charge is 2.09. The lowest BCUT2D eigenvalue weighted by Crippen LogP contribution is -2.30. The zero-order valence-corrected chi connectivity index (χ0v) is 13.0. The molecule has 0 heterocycles. The highest BCUT2D eigenvalue weighted by Crippen LogP contribution is 2.17. The van der Waals surface area contributed by atoms with E-state index in [2.05, 4.69) is 30.6 Å². The van der Waals surface area contributed by atoms with Crippen LogP contribution in [0, 0.1) is 5.82 Å². The van der Waals surface area contributed by atoms with Crippen LogP contribution in [0.1, 0.15) is 32.8 Å². The standard InChI is InChI=1S/C16H28FN3/c1-4-19(5-2)11-8-12-20(6-3)13-14-9-7-10-15(17)16(14)18/h7,9-10H,4-6,8,11-13,18H2,1-3H3. The fourth-order valence-electron chi connectivity index (χ4n) is 2.37. The van der Waals surface area contributed by atoms with Gasteiger partial charge in [-0.05, 0) is 50.8 Å². The maximum absolute atomic E-state index is 13.4. The first kappa shape index (κ1) is 16.9. The molecule has 0 saturated heterocycles. The summed E-state index contributed by atoms with van der Waals surface area (Å²) in [6.45, 7) is 12.5. The SMILES string of the molecule is CCN(CC)CCCN(CC)Cc1cccc(F)c1N. The van der Waals surface area contributed by atoms with Crippen LogP contribution in [0.2, 0.25) is 0 Å². The van der Waals surface area contributed by atoms with Gasteiger partial charge in [0.15, 0.2) is 0 Å². The molecular weight excluding hydrogens is 253 g/mol. The molecule has 3 nitrogen and oxygen atoms in total. The van der Waals surface area contributed by atoms with Crippen molar-refractivity contribution >= 4 is 5.69 Å². The highest BCUT2D eigenvalue weighted by atomic mass is 19.1. The second-order valence-electron chi connectivity index (χ2n) is 5.06. The molecule has 0 atom stereocenters. The topological polar surface area (TPSA) is 32.5 Å². The van der Waals surface area contributed by atoms with Crippen LogP contribution in [0.5, 0.6) is 0 Å². The van der Waals surface area contributed by atoms with Crippen LogP contribution in [0.4, 0.5) is 10.1 Å². The second-order valence-corrected chi connectivity index (χ2v) is 5.06. The number of rotatable bonds is 9. The number of nitrogens with two attached hydrogens (primary N) is 1. The van der Waals surface area contributed by atoms with Crippen LogP contribution in [-0.2, 0) is 6.54 Å². The molecule has 1 aromatic rings. The van der Waals surface area contributed by atoms with Gasteiger partial charge in [-0.25, -0.2) is 4.39 Å². The lowest BCUT2D eigenvalue weighted by Gasteiger charge is -2.24. The van der Waals surface area contributed by atoms with E-state index in [0.29, 0.717) is 0 Å². The lowest BCUT2D eigenvalue weighted by atomic mass is 10.1. The minimum absolute atomic E-state index is 0.287. The van der Waals surface area contributed by atoms with Crippen molar-refractivity contribution in [2.75, 3.05) is 38.5 Å². The number of hydrogen-bond donors (Lipinski definition) is 1. The highest BCUT2D eigenvalue weighted by molar-refractivity contribution is 5.47. The fraction of sp³-hybridized carbons (Fsp3) is 0.625. The summed E-state index contributed by atoms with van der Waals surface area (Å²) >= 11 is 0. The van der Waals surface area contributed by atoms with E-state index in [1.165, 1.54) is 6.07 Å². The van der Waals surface area contributed by atoms with Gasteiger partial charge in [0.2, 0.25) is 0 Å². The molecule has 0 fully saturated rings. The number of halogens is 1. The van der Waals surface area contributed by atoms with Gasteiger partial charge in [-0.2, -0.15) is 0 Å². The number of para-hydroxylation sites is 1. The van der Waals surface area contributed by atoms with Crippen molar-refractivity contribution in [3.8, 4) is 0 Å². The molecule has 2 N–H and O–H groups in total. The molecule has 0 aromatic heterocycles. The number of nitrogen functional groups attached to an aromatic ring is 1. The van der Waals surface area contributed by atoms with Crippen molar-refractivity contribution in [1.29, 1.82) is 0 Å². The predicted octanol–water partition coefficient (Wildman–Crippen LogP) is 2.96. The van der Waals surface area contributed by atoms with Crippen molar-refractivity contribution in [3.05, 3.63) is 29.6 Å². The Kier molecular flexibility index (Phi) is 7.55. The molecule has 114 valence electrons. The number of hydrogen-bond acceptors (Lipinski definition) is 3. The van der Waals surface area contributed by atoms with E-state index < -0.39 is 0 Å². The van der Waals surface area contributed by atoms with Gasteiger partial charge in [0, 0.05) is 6.54 Å². The fourth-order valence-corrected chi connectivity index (χ4v) is 2.37. The van der Waals surface area contributed by atoms with Crippen LogP contribution >= 0.6 is 0 Å². The zero-order chi connectivity index (χ0) is 15.0. The van der Waals surface area contributed by atoms with E-state index in [-0.39, 0.29) is 11.5 Å². The Balaban J connectivity index is 2.49. The summed E-state index contributed by atoms with van der Waals surface area (Å²) in [5.74, 6) is -0.318. The first-order chi connectivity index (χ1) is 9.62. The molecule has 0 radical (unpaired) electrons. The van der Waals surface area contributed by atoms with Gasteiger partial charge < -0.3 is 10.6 Å². The van der Waals surface area contributed by atoms with Crippen LogP contribution in [0.15, 0.2) is 18.2 Å². The van der Waals surface area contributed by atoms with E-state index in [0.717, 1.165) is 51.3 Å². The van der Waals surface area contributed by atoms with Crippen LogP contribution in [0.3, 0.4) is 0 Å². The normalized spacial score (nSPS) is 11.5. The van der Waals surface area contributed by atoms with Crippen LogP contribution < -0.4 is 5.73 Å². The van der Waals surface area contributed by atoms with Crippen molar-refractivity contribution in [3.63, 3.8) is 0 Å². The summed E-state index contributed by atoms with van der Waals surface area (Å²) in [5, 5.41) is 0. The molecule has 0 saturated carbocycles. The Morgan fingerprint density at radius 3 is 2.20 bits per heavy atom. The monoisotopic (exact) mass is 281 g/mol. The third-order valence-electron chi connectivity index (χ3n) is 3.83. The quantitative estimate of drug-likeness (QED) is 0.706. The molecule has 1 aromatic carbocycles. The largest absolute Gasteiger partial charge is 0.396 e. The first-order valence-corrected chi connectivity index (χ1v) is 7.59. The number of anilines is 1. The molecule has 0 amide bonds. The summed E-state index contributed by atoms with van der Waals surface area (Å²) in [7, 11) is 0. The Hall–Kier alpha value is -1.13. The molecule has 0 aliphatic heterocycles. The predicted molar refractivity (Wildman–Crippen MR) is 84.2 cm³/mol. The maximum Gasteiger partial charge on any atom is 0.146 e. The lowest BCUT2D eigenvalue weighted by molar-refractivity contribution is 0.238. The number of nitrogens with zero attached hydrogens (tertiary/aromatic N) is 2. The van der Waals surface area contributed by atoms with Crippen LogP contribution in [0.25, 0.3) is 0 Å². The maximum atomic E-state index is 13.4. The average molecular weight is 281 g/mol.